The van der Waals surface area contributed by atoms with Crippen molar-refractivity contribution in [3.63, 3.8) is 0 Å². The van der Waals surface area contributed by atoms with Gasteiger partial charge in [0.1, 0.15) is 5.82 Å². The second-order valence-corrected chi connectivity index (χ2v) is 7.38. The summed E-state index contributed by atoms with van der Waals surface area (Å²) in [5.74, 6) is 0.0950. The van der Waals surface area contributed by atoms with Crippen LogP contribution < -0.4 is 5.32 Å². The number of hydrogen-bond acceptors (Lipinski definition) is 3. The van der Waals surface area contributed by atoms with Crippen molar-refractivity contribution in [2.75, 3.05) is 6.54 Å². The van der Waals surface area contributed by atoms with Gasteiger partial charge in [0.05, 0.1) is 6.04 Å². The summed E-state index contributed by atoms with van der Waals surface area (Å²) in [6.45, 7) is 3.42. The van der Waals surface area contributed by atoms with Crippen molar-refractivity contribution in [3.8, 4) is 0 Å². The molecule has 2 unspecified atom stereocenters. The van der Waals surface area contributed by atoms with E-state index in [1.165, 1.54) is 0 Å². The molecular formula is C21H28N4O3. The number of amides is 2. The van der Waals surface area contributed by atoms with E-state index in [4.69, 9.17) is 5.11 Å². The summed E-state index contributed by atoms with van der Waals surface area (Å²) in [4.78, 5) is 30.1. The number of carboxylic acid groups (broad SMARTS) is 1. The molecule has 1 aliphatic rings. The first kappa shape index (κ1) is 19.9. The van der Waals surface area contributed by atoms with Crippen molar-refractivity contribution < 1.29 is 14.7 Å². The lowest BCUT2D eigenvalue weighted by Crippen LogP contribution is -2.48. The molecule has 7 nitrogen and oxygen atoms in total. The Bertz CT molecular complexity index is 790. The summed E-state index contributed by atoms with van der Waals surface area (Å²) in [5.41, 5.74) is 1.09. The number of likely N-dealkylation sites (tertiary alicyclic amines) is 1. The van der Waals surface area contributed by atoms with Crippen LogP contribution in [0.5, 0.6) is 0 Å². The van der Waals surface area contributed by atoms with E-state index >= 15 is 0 Å². The molecule has 0 saturated carbocycles. The Morgan fingerprint density at radius 3 is 2.79 bits per heavy atom. The fraction of sp³-hybridized carbons (Fsp3) is 0.476. The quantitative estimate of drug-likeness (QED) is 0.733. The van der Waals surface area contributed by atoms with Crippen LogP contribution in [0, 0.1) is 6.92 Å². The van der Waals surface area contributed by atoms with Gasteiger partial charge in [-0.15, -0.1) is 0 Å². The van der Waals surface area contributed by atoms with Crippen LogP contribution in [-0.4, -0.2) is 50.2 Å². The molecule has 1 aliphatic heterocycles. The third kappa shape index (κ3) is 5.34. The first-order chi connectivity index (χ1) is 13.5. The van der Waals surface area contributed by atoms with Crippen molar-refractivity contribution in [3.05, 3.63) is 54.1 Å². The van der Waals surface area contributed by atoms with Crippen LogP contribution in [0.4, 0.5) is 4.79 Å². The lowest BCUT2D eigenvalue weighted by molar-refractivity contribution is -0.137. The fourth-order valence-electron chi connectivity index (χ4n) is 3.80. The topological polar surface area (TPSA) is 87.5 Å². The lowest BCUT2D eigenvalue weighted by Gasteiger charge is -2.28. The molecule has 2 heterocycles. The number of aliphatic carboxylic acids is 1. The third-order valence-corrected chi connectivity index (χ3v) is 5.33. The van der Waals surface area contributed by atoms with E-state index in [0.717, 1.165) is 37.3 Å². The van der Waals surface area contributed by atoms with Gasteiger partial charge in [-0.1, -0.05) is 30.3 Å². The molecule has 0 radical (unpaired) electrons. The van der Waals surface area contributed by atoms with Gasteiger partial charge in [-0.3, -0.25) is 4.79 Å². The number of benzene rings is 1. The van der Waals surface area contributed by atoms with Crippen LogP contribution in [0.2, 0.25) is 0 Å². The smallest absolute Gasteiger partial charge is 0.317 e. The normalized spacial score (nSPS) is 17.5. The Hall–Kier alpha value is -2.83. The number of carboxylic acids is 1. The minimum absolute atomic E-state index is 0.0371. The van der Waals surface area contributed by atoms with E-state index in [-0.39, 0.29) is 24.5 Å². The van der Waals surface area contributed by atoms with Crippen molar-refractivity contribution in [2.45, 2.75) is 57.7 Å². The van der Waals surface area contributed by atoms with Gasteiger partial charge in [0.25, 0.3) is 0 Å². The van der Waals surface area contributed by atoms with Crippen LogP contribution >= 0.6 is 0 Å². The Labute approximate surface area is 165 Å². The van der Waals surface area contributed by atoms with Gasteiger partial charge in [-0.2, -0.15) is 0 Å². The number of nitrogens with one attached hydrogen (secondary N) is 1. The first-order valence-electron chi connectivity index (χ1n) is 9.83. The molecule has 1 fully saturated rings. The summed E-state index contributed by atoms with van der Waals surface area (Å²) >= 11 is 0. The summed E-state index contributed by atoms with van der Waals surface area (Å²) < 4.78 is 2.07. The minimum atomic E-state index is -0.845. The van der Waals surface area contributed by atoms with E-state index in [1.807, 2.05) is 48.4 Å². The van der Waals surface area contributed by atoms with Gasteiger partial charge in [0.15, 0.2) is 0 Å². The van der Waals surface area contributed by atoms with Gasteiger partial charge in [0.2, 0.25) is 0 Å². The van der Waals surface area contributed by atoms with Crippen LogP contribution in [0.15, 0.2) is 42.7 Å². The predicted molar refractivity (Wildman–Crippen MR) is 106 cm³/mol. The Morgan fingerprint density at radius 1 is 1.32 bits per heavy atom. The zero-order valence-corrected chi connectivity index (χ0v) is 16.3. The SMILES string of the molecule is Cc1nccn1CC1CCCN1C(=O)NC(CCC(=O)O)Cc1ccccc1. The first-order valence-corrected chi connectivity index (χ1v) is 9.83. The highest BCUT2D eigenvalue weighted by Crippen LogP contribution is 2.20. The van der Waals surface area contributed by atoms with Crippen LogP contribution in [0.1, 0.15) is 37.1 Å². The second-order valence-electron chi connectivity index (χ2n) is 7.38. The zero-order valence-electron chi connectivity index (χ0n) is 16.3. The zero-order chi connectivity index (χ0) is 19.9. The largest absolute Gasteiger partial charge is 0.481 e. The highest BCUT2D eigenvalue weighted by molar-refractivity contribution is 5.75. The number of imidazole rings is 1. The summed E-state index contributed by atoms with van der Waals surface area (Å²) in [6.07, 6.45) is 6.72. The monoisotopic (exact) mass is 384 g/mol. The van der Waals surface area contributed by atoms with Gasteiger partial charge >= 0.3 is 12.0 Å². The maximum Gasteiger partial charge on any atom is 0.317 e. The molecule has 0 bridgehead atoms. The van der Waals surface area contributed by atoms with Crippen LogP contribution in [0.3, 0.4) is 0 Å². The average Bonchev–Trinajstić information content (AvgIpc) is 3.30. The van der Waals surface area contributed by atoms with E-state index < -0.39 is 5.97 Å². The van der Waals surface area contributed by atoms with Crippen LogP contribution in [0.25, 0.3) is 0 Å². The fourth-order valence-corrected chi connectivity index (χ4v) is 3.80. The number of hydrogen-bond donors (Lipinski definition) is 2. The molecule has 150 valence electrons. The van der Waals surface area contributed by atoms with Gasteiger partial charge < -0.3 is 19.9 Å². The second kappa shape index (κ2) is 9.39. The molecule has 1 saturated heterocycles. The lowest BCUT2D eigenvalue weighted by atomic mass is 10.0. The summed E-state index contributed by atoms with van der Waals surface area (Å²) in [7, 11) is 0. The highest BCUT2D eigenvalue weighted by atomic mass is 16.4. The van der Waals surface area contributed by atoms with E-state index in [9.17, 15) is 9.59 Å². The molecule has 2 atom stereocenters. The number of carbonyl (C=O) groups is 2. The molecular weight excluding hydrogens is 356 g/mol. The summed E-state index contributed by atoms with van der Waals surface area (Å²) in [6, 6.07) is 9.67. The number of carbonyl (C=O) groups excluding carboxylic acids is 1. The number of aryl methyl sites for hydroxylation is 1. The molecule has 0 aliphatic carbocycles. The van der Waals surface area contributed by atoms with Crippen molar-refractivity contribution >= 4 is 12.0 Å². The maximum atomic E-state index is 13.0. The number of urea groups is 1. The van der Waals surface area contributed by atoms with E-state index in [2.05, 4.69) is 14.9 Å². The molecule has 2 aromatic rings. The minimum Gasteiger partial charge on any atom is -0.481 e. The van der Waals surface area contributed by atoms with Gasteiger partial charge in [-0.25, -0.2) is 9.78 Å². The third-order valence-electron chi connectivity index (χ3n) is 5.33. The Kier molecular flexibility index (Phi) is 6.68. The highest BCUT2D eigenvalue weighted by Gasteiger charge is 2.30. The van der Waals surface area contributed by atoms with Gasteiger partial charge in [-0.05, 0) is 38.2 Å². The molecule has 0 spiro atoms. The number of nitrogens with zero attached hydrogens (tertiary/aromatic N) is 3. The van der Waals surface area contributed by atoms with E-state index in [1.54, 1.807) is 6.20 Å². The Morgan fingerprint density at radius 2 is 2.11 bits per heavy atom. The molecule has 1 aromatic heterocycles. The average molecular weight is 384 g/mol. The predicted octanol–water partition coefficient (Wildman–Crippen LogP) is 2.84. The molecule has 1 aromatic carbocycles. The number of aromatic nitrogens is 2. The van der Waals surface area contributed by atoms with Crippen molar-refractivity contribution in [1.82, 2.24) is 19.8 Å². The molecule has 28 heavy (non-hydrogen) atoms. The Balaban J connectivity index is 1.64. The standard InChI is InChI=1S/C21H28N4O3/c1-16-22-11-13-24(16)15-19-8-5-12-25(19)21(28)23-18(9-10-20(26)27)14-17-6-3-2-4-7-17/h2-4,6-7,11,13,18-19H,5,8-10,12,14-15H2,1H3,(H,23,28)(H,26,27). The maximum absolute atomic E-state index is 13.0. The van der Waals surface area contributed by atoms with E-state index in [0.29, 0.717) is 12.8 Å². The molecule has 2 amide bonds. The van der Waals surface area contributed by atoms with Gasteiger partial charge in [0, 0.05) is 37.9 Å². The molecule has 3 rings (SSSR count). The van der Waals surface area contributed by atoms with Crippen LogP contribution in [-0.2, 0) is 17.8 Å². The molecule has 2 N–H and O–H groups in total. The van der Waals surface area contributed by atoms with Crippen molar-refractivity contribution in [2.24, 2.45) is 0 Å². The summed E-state index contributed by atoms with van der Waals surface area (Å²) in [5, 5.41) is 12.1. The van der Waals surface area contributed by atoms with Crippen molar-refractivity contribution in [1.29, 1.82) is 0 Å². The number of rotatable bonds is 8. The molecule has 7 heteroatoms.